The lowest BCUT2D eigenvalue weighted by Crippen LogP contribution is -2.62. The van der Waals surface area contributed by atoms with Gasteiger partial charge in [0, 0.05) is 43.1 Å². The van der Waals surface area contributed by atoms with E-state index in [0.29, 0.717) is 29.8 Å². The van der Waals surface area contributed by atoms with Gasteiger partial charge < -0.3 is 20.2 Å². The lowest BCUT2D eigenvalue weighted by molar-refractivity contribution is -0.138. The van der Waals surface area contributed by atoms with E-state index in [1.165, 1.54) is 23.7 Å². The highest BCUT2D eigenvalue weighted by Crippen LogP contribution is 2.25. The number of amides is 1. The van der Waals surface area contributed by atoms with Crippen molar-refractivity contribution >= 4 is 57.9 Å². The maximum absolute atomic E-state index is 13.0. The highest BCUT2D eigenvalue weighted by molar-refractivity contribution is 7.17. The minimum atomic E-state index is -0.501. The SMILES string of the molecule is COC[C@H]1C(C=O)N(Cc2ccc3c(N)ncnc3c2)CCN1C(=O)C=Cc1ccc(Cl)s1. The smallest absolute Gasteiger partial charge is 0.247 e. The number of carbonyl (C=O) groups is 2. The lowest BCUT2D eigenvalue weighted by atomic mass is 10.0. The van der Waals surface area contributed by atoms with Crippen LogP contribution in [0, 0.1) is 0 Å². The first-order valence-electron chi connectivity index (χ1n) is 10.4. The van der Waals surface area contributed by atoms with Crippen molar-refractivity contribution in [2.24, 2.45) is 0 Å². The third kappa shape index (κ3) is 5.22. The minimum absolute atomic E-state index is 0.161. The molecule has 2 atom stereocenters. The second kappa shape index (κ2) is 10.4. The molecule has 1 saturated heterocycles. The molecule has 1 unspecified atom stereocenters. The number of nitrogens with two attached hydrogens (primary N) is 1. The molecule has 0 aliphatic carbocycles. The van der Waals surface area contributed by atoms with Gasteiger partial charge in [-0.25, -0.2) is 9.97 Å². The quantitative estimate of drug-likeness (QED) is 0.405. The van der Waals surface area contributed by atoms with E-state index >= 15 is 0 Å². The van der Waals surface area contributed by atoms with Crippen LogP contribution in [0.1, 0.15) is 10.4 Å². The number of nitrogen functional groups attached to an aromatic ring is 1. The first kappa shape index (κ1) is 23.3. The number of aldehydes is 1. The van der Waals surface area contributed by atoms with Gasteiger partial charge in [-0.05, 0) is 35.9 Å². The second-order valence-corrected chi connectivity index (χ2v) is 9.48. The molecule has 2 aromatic heterocycles. The molecule has 33 heavy (non-hydrogen) atoms. The van der Waals surface area contributed by atoms with E-state index in [2.05, 4.69) is 14.9 Å². The number of piperazine rings is 1. The fourth-order valence-corrected chi connectivity index (χ4v) is 5.06. The van der Waals surface area contributed by atoms with Crippen LogP contribution in [0.3, 0.4) is 0 Å². The third-order valence-electron chi connectivity index (χ3n) is 5.71. The maximum atomic E-state index is 13.0. The Balaban J connectivity index is 1.52. The Morgan fingerprint density at radius 1 is 1.30 bits per heavy atom. The number of hydrogen-bond donors (Lipinski definition) is 1. The van der Waals surface area contributed by atoms with E-state index in [1.807, 2.05) is 24.3 Å². The van der Waals surface area contributed by atoms with Gasteiger partial charge in [-0.15, -0.1) is 11.3 Å². The summed E-state index contributed by atoms with van der Waals surface area (Å²) < 4.78 is 6.04. The molecule has 1 aliphatic rings. The molecule has 1 fully saturated rings. The third-order valence-corrected chi connectivity index (χ3v) is 6.90. The Morgan fingerprint density at radius 3 is 2.88 bits per heavy atom. The van der Waals surface area contributed by atoms with Crippen molar-refractivity contribution in [1.82, 2.24) is 19.8 Å². The summed E-state index contributed by atoms with van der Waals surface area (Å²) in [7, 11) is 1.57. The zero-order chi connectivity index (χ0) is 23.4. The van der Waals surface area contributed by atoms with Crippen LogP contribution in [0.5, 0.6) is 0 Å². The van der Waals surface area contributed by atoms with Crippen LogP contribution in [0.15, 0.2) is 42.7 Å². The van der Waals surface area contributed by atoms with Crippen molar-refractivity contribution in [3.8, 4) is 0 Å². The molecule has 0 spiro atoms. The normalized spacial score (nSPS) is 19.4. The zero-order valence-corrected chi connectivity index (χ0v) is 19.6. The number of fused-ring (bicyclic) bond motifs is 1. The molecule has 1 aromatic carbocycles. The molecule has 0 bridgehead atoms. The van der Waals surface area contributed by atoms with Gasteiger partial charge in [0.15, 0.2) is 0 Å². The summed E-state index contributed by atoms with van der Waals surface area (Å²) in [6.07, 6.45) is 5.60. The van der Waals surface area contributed by atoms with Crippen molar-refractivity contribution in [1.29, 1.82) is 0 Å². The molecule has 3 aromatic rings. The summed E-state index contributed by atoms with van der Waals surface area (Å²) in [6.45, 7) is 1.83. The monoisotopic (exact) mass is 485 g/mol. The number of carbonyl (C=O) groups excluding carboxylic acids is 2. The van der Waals surface area contributed by atoms with Crippen molar-refractivity contribution in [3.63, 3.8) is 0 Å². The number of aromatic nitrogens is 2. The van der Waals surface area contributed by atoms with E-state index in [9.17, 15) is 9.59 Å². The second-order valence-electron chi connectivity index (χ2n) is 7.74. The molecular weight excluding hydrogens is 462 g/mol. The minimum Gasteiger partial charge on any atom is -0.383 e. The molecular formula is C23H24ClN5O3S. The van der Waals surface area contributed by atoms with Gasteiger partial charge in [0.05, 0.1) is 28.5 Å². The van der Waals surface area contributed by atoms with Crippen molar-refractivity contribution in [2.45, 2.75) is 18.6 Å². The highest BCUT2D eigenvalue weighted by atomic mass is 35.5. The number of thiophene rings is 1. The number of methoxy groups -OCH3 is 1. The number of ether oxygens (including phenoxy) is 1. The molecule has 172 valence electrons. The number of rotatable bonds is 7. The zero-order valence-electron chi connectivity index (χ0n) is 18.1. The van der Waals surface area contributed by atoms with E-state index in [-0.39, 0.29) is 12.5 Å². The van der Waals surface area contributed by atoms with Gasteiger partial charge >= 0.3 is 0 Å². The van der Waals surface area contributed by atoms with Crippen LogP contribution in [0.25, 0.3) is 17.0 Å². The average Bonchev–Trinajstić information content (AvgIpc) is 3.23. The van der Waals surface area contributed by atoms with Gasteiger partial charge in [-0.3, -0.25) is 9.69 Å². The molecule has 1 amide bonds. The van der Waals surface area contributed by atoms with Gasteiger partial charge in [0.1, 0.15) is 18.4 Å². The Labute approximate surface area is 200 Å². The number of halogens is 1. The lowest BCUT2D eigenvalue weighted by Gasteiger charge is -2.45. The predicted molar refractivity (Wildman–Crippen MR) is 130 cm³/mol. The molecule has 4 rings (SSSR count). The molecule has 8 nitrogen and oxygen atoms in total. The van der Waals surface area contributed by atoms with Crippen LogP contribution in [0.4, 0.5) is 5.82 Å². The summed E-state index contributed by atoms with van der Waals surface area (Å²) >= 11 is 7.36. The Morgan fingerprint density at radius 2 is 2.15 bits per heavy atom. The molecule has 1 aliphatic heterocycles. The van der Waals surface area contributed by atoms with Crippen LogP contribution in [0.2, 0.25) is 4.34 Å². The van der Waals surface area contributed by atoms with Crippen LogP contribution >= 0.6 is 22.9 Å². The first-order chi connectivity index (χ1) is 16.0. The largest absolute Gasteiger partial charge is 0.383 e. The molecule has 0 radical (unpaired) electrons. The maximum Gasteiger partial charge on any atom is 0.247 e. The summed E-state index contributed by atoms with van der Waals surface area (Å²) in [6, 6.07) is 8.55. The number of anilines is 1. The summed E-state index contributed by atoms with van der Waals surface area (Å²) in [5.74, 6) is 0.272. The topological polar surface area (TPSA) is 102 Å². The molecule has 3 heterocycles. The number of nitrogens with zero attached hydrogens (tertiary/aromatic N) is 4. The highest BCUT2D eigenvalue weighted by Gasteiger charge is 2.38. The summed E-state index contributed by atoms with van der Waals surface area (Å²) in [4.78, 5) is 38.1. The predicted octanol–water partition coefficient (Wildman–Crippen LogP) is 2.87. The van der Waals surface area contributed by atoms with Gasteiger partial charge in [-0.2, -0.15) is 0 Å². The Hall–Kier alpha value is -2.85. The van der Waals surface area contributed by atoms with E-state index in [4.69, 9.17) is 22.1 Å². The van der Waals surface area contributed by atoms with Gasteiger partial charge in [0.2, 0.25) is 5.91 Å². The van der Waals surface area contributed by atoms with E-state index < -0.39 is 12.1 Å². The van der Waals surface area contributed by atoms with Gasteiger partial charge in [-0.1, -0.05) is 17.7 Å². The number of hydrogen-bond acceptors (Lipinski definition) is 8. The fourth-order valence-electron chi connectivity index (χ4n) is 4.10. The molecule has 10 heteroatoms. The average molecular weight is 486 g/mol. The summed E-state index contributed by atoms with van der Waals surface area (Å²) in [5.41, 5.74) is 7.67. The van der Waals surface area contributed by atoms with Crippen LogP contribution < -0.4 is 5.73 Å². The van der Waals surface area contributed by atoms with Crippen LogP contribution in [-0.2, 0) is 20.9 Å². The fraction of sp³-hybridized carbons (Fsp3) is 0.304. The summed E-state index contributed by atoms with van der Waals surface area (Å²) in [5, 5.41) is 0.791. The Bertz CT molecular complexity index is 1180. The van der Waals surface area contributed by atoms with Crippen molar-refractivity contribution < 1.29 is 14.3 Å². The van der Waals surface area contributed by atoms with Crippen LogP contribution in [-0.4, -0.2) is 70.9 Å². The number of benzene rings is 1. The van der Waals surface area contributed by atoms with Gasteiger partial charge in [0.25, 0.3) is 0 Å². The first-order valence-corrected chi connectivity index (χ1v) is 11.6. The Kier molecular flexibility index (Phi) is 7.34. The van der Waals surface area contributed by atoms with Crippen molar-refractivity contribution in [3.05, 3.63) is 57.5 Å². The van der Waals surface area contributed by atoms with E-state index in [0.717, 1.165) is 27.6 Å². The van der Waals surface area contributed by atoms with Crippen molar-refractivity contribution in [2.75, 3.05) is 32.5 Å². The standard InChI is InChI=1S/C23H24ClN5O3S/c1-32-13-20-19(12-30)28(11-15-2-5-17-18(10-15)26-14-27-23(17)25)8-9-29(20)22(31)7-4-16-3-6-21(24)33-16/h2-7,10,12,14,19-20H,8-9,11,13H2,1H3,(H2,25,26,27)/t19?,20-/m0/s1. The molecule has 0 saturated carbocycles. The van der Waals surface area contributed by atoms with E-state index in [1.54, 1.807) is 24.2 Å². The molecule has 2 N–H and O–H groups in total.